The lowest BCUT2D eigenvalue weighted by Crippen LogP contribution is -2.40. The molecule has 3 amide bonds. The fourth-order valence-electron chi connectivity index (χ4n) is 7.24. The molecule has 0 atom stereocenters. The monoisotopic (exact) mass is 793 g/mol. The summed E-state index contributed by atoms with van der Waals surface area (Å²) < 4.78 is 4.78. The molecule has 1 aliphatic rings. The Morgan fingerprint density at radius 1 is 0.807 bits per heavy atom. The lowest BCUT2D eigenvalue weighted by Gasteiger charge is -2.32. The number of esters is 1. The van der Waals surface area contributed by atoms with Gasteiger partial charge in [0.15, 0.2) is 0 Å². The third-order valence-corrected chi connectivity index (χ3v) is 12.2. The van der Waals surface area contributed by atoms with Crippen LogP contribution in [0, 0.1) is 5.41 Å². The highest BCUT2D eigenvalue weighted by molar-refractivity contribution is 7.17. The molecule has 3 N–H and O–H groups in total. The van der Waals surface area contributed by atoms with E-state index in [4.69, 9.17) is 4.74 Å². The maximum Gasteiger partial charge on any atom is 0.337 e. The second kappa shape index (κ2) is 19.7. The van der Waals surface area contributed by atoms with E-state index < -0.39 is 11.4 Å². The number of thiophene rings is 1. The predicted molar refractivity (Wildman–Crippen MR) is 225 cm³/mol. The van der Waals surface area contributed by atoms with E-state index in [0.29, 0.717) is 33.9 Å². The summed E-state index contributed by atoms with van der Waals surface area (Å²) in [5.41, 5.74) is 5.09. The average Bonchev–Trinajstić information content (AvgIpc) is 3.39. The molecule has 1 aliphatic carbocycles. The molecule has 0 radical (unpaired) electrons. The van der Waals surface area contributed by atoms with E-state index in [0.717, 1.165) is 84.9 Å². The van der Waals surface area contributed by atoms with Crippen molar-refractivity contribution in [1.29, 1.82) is 0 Å². The van der Waals surface area contributed by atoms with Crippen LogP contribution in [0.25, 0.3) is 0 Å². The molecule has 57 heavy (non-hydrogen) atoms. The van der Waals surface area contributed by atoms with Crippen LogP contribution in [0.3, 0.4) is 0 Å². The van der Waals surface area contributed by atoms with Crippen molar-refractivity contribution in [3.05, 3.63) is 117 Å². The van der Waals surface area contributed by atoms with Gasteiger partial charge < -0.3 is 25.4 Å². The molecule has 3 aromatic carbocycles. The van der Waals surface area contributed by atoms with Crippen molar-refractivity contribution in [2.75, 3.05) is 17.7 Å². The average molecular weight is 794 g/mol. The molecule has 4 aromatic rings. The van der Waals surface area contributed by atoms with Gasteiger partial charge >= 0.3 is 11.9 Å². The summed E-state index contributed by atoms with van der Waals surface area (Å²) in [7, 11) is 1.37. The van der Waals surface area contributed by atoms with Crippen LogP contribution in [0.1, 0.15) is 131 Å². The zero-order chi connectivity index (χ0) is 41.1. The van der Waals surface area contributed by atoms with Gasteiger partial charge in [-0.15, -0.1) is 11.3 Å². The highest BCUT2D eigenvalue weighted by Gasteiger charge is 2.30. The van der Waals surface area contributed by atoms with Crippen molar-refractivity contribution >= 4 is 51.7 Å². The number of carboxylic acids is 1. The van der Waals surface area contributed by atoms with E-state index in [1.807, 2.05) is 61.2 Å². The molecule has 302 valence electrons. The van der Waals surface area contributed by atoms with Crippen molar-refractivity contribution in [1.82, 2.24) is 4.90 Å². The second-order valence-corrected chi connectivity index (χ2v) is 16.5. The van der Waals surface area contributed by atoms with Crippen molar-refractivity contribution < 1.29 is 33.8 Å². The van der Waals surface area contributed by atoms with Gasteiger partial charge in [-0.3, -0.25) is 19.2 Å². The van der Waals surface area contributed by atoms with E-state index in [1.165, 1.54) is 18.4 Å². The number of ether oxygens (including phenoxy) is 1. The lowest BCUT2D eigenvalue weighted by atomic mass is 9.87. The van der Waals surface area contributed by atoms with Gasteiger partial charge in [-0.05, 0) is 130 Å². The van der Waals surface area contributed by atoms with Gasteiger partial charge in [0.05, 0.1) is 23.7 Å². The smallest absolute Gasteiger partial charge is 0.337 e. The molecule has 0 fully saturated rings. The number of hydrogen-bond donors (Lipinski definition) is 3. The van der Waals surface area contributed by atoms with Gasteiger partial charge in [0.25, 0.3) is 11.8 Å². The summed E-state index contributed by atoms with van der Waals surface area (Å²) in [5.74, 6) is -2.00. The minimum absolute atomic E-state index is 0.0276. The molecule has 0 bridgehead atoms. The minimum Gasteiger partial charge on any atom is -0.481 e. The fraction of sp³-hybridized carbons (Fsp3) is 0.413. The molecule has 0 unspecified atom stereocenters. The zero-order valence-corrected chi connectivity index (χ0v) is 34.6. The van der Waals surface area contributed by atoms with Crippen molar-refractivity contribution in [3.63, 3.8) is 0 Å². The molecule has 0 saturated heterocycles. The number of hydrogen-bond acceptors (Lipinski definition) is 7. The maximum absolute atomic E-state index is 14.0. The van der Waals surface area contributed by atoms with Gasteiger partial charge in [0, 0.05) is 35.1 Å². The molecular weight excluding hydrogens is 739 g/mol. The third-order valence-electron chi connectivity index (χ3n) is 11.0. The number of nitrogens with zero attached hydrogens (tertiary/aromatic N) is 1. The summed E-state index contributed by atoms with van der Waals surface area (Å²) in [6, 6.07) is 22.4. The molecule has 1 heterocycles. The number of aliphatic carboxylic acids is 1. The van der Waals surface area contributed by atoms with E-state index >= 15 is 0 Å². The zero-order valence-electron chi connectivity index (χ0n) is 33.7. The molecule has 0 saturated carbocycles. The van der Waals surface area contributed by atoms with Crippen LogP contribution in [0.5, 0.6) is 0 Å². The number of carbonyl (C=O) groups is 5. The summed E-state index contributed by atoms with van der Waals surface area (Å²) in [4.78, 5) is 67.8. The Labute approximate surface area is 340 Å². The number of aryl methyl sites for hydroxylation is 3. The first kappa shape index (κ1) is 42.8. The van der Waals surface area contributed by atoms with Gasteiger partial charge in [-0.1, -0.05) is 56.7 Å². The molecule has 10 nitrogen and oxygen atoms in total. The van der Waals surface area contributed by atoms with Crippen LogP contribution in [0.15, 0.2) is 72.8 Å². The van der Waals surface area contributed by atoms with Gasteiger partial charge in [-0.25, -0.2) is 4.79 Å². The normalized spacial score (nSPS) is 12.7. The predicted octanol–water partition coefficient (Wildman–Crippen LogP) is 9.50. The molecular formula is C46H55N3O7S. The topological polar surface area (TPSA) is 142 Å². The maximum atomic E-state index is 14.0. The quantitative estimate of drug-likeness (QED) is 0.0714. The first-order valence-corrected chi connectivity index (χ1v) is 20.8. The third kappa shape index (κ3) is 11.2. The Morgan fingerprint density at radius 3 is 2.09 bits per heavy atom. The number of amides is 3. The van der Waals surface area contributed by atoms with Gasteiger partial charge in [-0.2, -0.15) is 0 Å². The van der Waals surface area contributed by atoms with E-state index in [2.05, 4.69) is 10.6 Å². The number of carboxylic acid groups (broad SMARTS) is 1. The van der Waals surface area contributed by atoms with Gasteiger partial charge in [0.2, 0.25) is 5.91 Å². The van der Waals surface area contributed by atoms with Crippen LogP contribution in [0.4, 0.5) is 10.7 Å². The molecule has 5 rings (SSSR count). The molecule has 0 aliphatic heterocycles. The van der Waals surface area contributed by atoms with Crippen LogP contribution >= 0.6 is 11.3 Å². The number of rotatable bonds is 17. The summed E-state index contributed by atoms with van der Waals surface area (Å²) >= 11 is 1.47. The van der Waals surface area contributed by atoms with Crippen LogP contribution in [-0.4, -0.2) is 52.8 Å². The Bertz CT molecular complexity index is 2050. The van der Waals surface area contributed by atoms with Crippen LogP contribution in [0.2, 0.25) is 0 Å². The van der Waals surface area contributed by atoms with E-state index in [9.17, 15) is 29.1 Å². The number of benzene rings is 3. The van der Waals surface area contributed by atoms with Crippen LogP contribution in [-0.2, 0) is 46.6 Å². The Kier molecular flexibility index (Phi) is 14.8. The largest absolute Gasteiger partial charge is 0.481 e. The summed E-state index contributed by atoms with van der Waals surface area (Å²) in [6.07, 6.45) is 8.13. The molecule has 11 heteroatoms. The number of fused-ring (bicyclic) bond motifs is 1. The van der Waals surface area contributed by atoms with Crippen molar-refractivity contribution in [2.24, 2.45) is 5.41 Å². The van der Waals surface area contributed by atoms with E-state index in [1.54, 1.807) is 44.2 Å². The highest BCUT2D eigenvalue weighted by Crippen LogP contribution is 2.38. The molecule has 1 aromatic heterocycles. The Morgan fingerprint density at radius 2 is 1.46 bits per heavy atom. The van der Waals surface area contributed by atoms with E-state index in [-0.39, 0.29) is 42.6 Å². The SMILES string of the molecule is CCC(CC)N(Cc1cccc(C(=O)Nc2sc3c(c2C(=O)Nc2ccc(CCc4ccc(C(=O)OC)cc4)cc2)CCCCC3)c1)C(=O)CCC(C)(C)C(=O)O. The first-order valence-electron chi connectivity index (χ1n) is 20.0. The Balaban J connectivity index is 1.29. The molecule has 0 spiro atoms. The minimum atomic E-state index is -1.02. The number of nitrogens with one attached hydrogen (secondary N) is 2. The lowest BCUT2D eigenvalue weighted by molar-refractivity contribution is -0.148. The number of anilines is 2. The highest BCUT2D eigenvalue weighted by atomic mass is 32.1. The van der Waals surface area contributed by atoms with Crippen molar-refractivity contribution in [3.8, 4) is 0 Å². The number of carbonyl (C=O) groups excluding carboxylic acids is 4. The van der Waals surface area contributed by atoms with Crippen LogP contribution < -0.4 is 10.6 Å². The van der Waals surface area contributed by atoms with Crippen molar-refractivity contribution in [2.45, 2.75) is 111 Å². The standard InChI is InChI=1S/C46H55N3O7S/c1-6-36(7-2)49(39(50)26-27-46(3,4)45(54)55)29-32-12-11-13-34(28-32)41(51)48-43-40(37-14-9-8-10-15-38(37)57-43)42(52)47-35-24-20-31(21-25-35)17-16-30-18-22-33(23-19-30)44(53)56-5/h11-13,18-25,28,36H,6-10,14-17,26-27,29H2,1-5H3,(H,47,52)(H,48,51)(H,54,55). The summed E-state index contributed by atoms with van der Waals surface area (Å²) in [5, 5.41) is 16.3. The fourth-order valence-corrected chi connectivity index (χ4v) is 8.52. The summed E-state index contributed by atoms with van der Waals surface area (Å²) in [6.45, 7) is 7.62. The number of methoxy groups -OCH3 is 1. The Hall–Kier alpha value is -5.29. The first-order chi connectivity index (χ1) is 27.3. The van der Waals surface area contributed by atoms with Gasteiger partial charge in [0.1, 0.15) is 5.00 Å². The second-order valence-electron chi connectivity index (χ2n) is 15.4.